The van der Waals surface area contributed by atoms with Crippen molar-refractivity contribution in [1.29, 1.82) is 0 Å². The van der Waals surface area contributed by atoms with E-state index in [1.54, 1.807) is 0 Å². The van der Waals surface area contributed by atoms with E-state index < -0.39 is 0 Å². The molecule has 2 atom stereocenters. The molecule has 114 valence electrons. The predicted octanol–water partition coefficient (Wildman–Crippen LogP) is 3.10. The van der Waals surface area contributed by atoms with E-state index in [1.165, 1.54) is 0 Å². The van der Waals surface area contributed by atoms with Crippen molar-refractivity contribution in [1.82, 2.24) is 4.90 Å². The van der Waals surface area contributed by atoms with Crippen LogP contribution >= 0.6 is 12.2 Å². The van der Waals surface area contributed by atoms with Crippen molar-refractivity contribution in [2.45, 2.75) is 38.5 Å². The Kier molecular flexibility index (Phi) is 5.74. The number of nitrogens with zero attached hydrogens (tertiary/aromatic N) is 1. The minimum atomic E-state index is -0.0525. The second-order valence-corrected chi connectivity index (χ2v) is 6.28. The summed E-state index contributed by atoms with van der Waals surface area (Å²) in [6, 6.07) is 10.0. The Morgan fingerprint density at radius 1 is 1.38 bits per heavy atom. The lowest BCUT2D eigenvalue weighted by atomic mass is 9.98. The molecule has 4 heteroatoms. The molecule has 0 saturated carbocycles. The van der Waals surface area contributed by atoms with Crippen LogP contribution < -0.4 is 5.73 Å². The van der Waals surface area contributed by atoms with Crippen LogP contribution in [0.4, 0.5) is 0 Å². The van der Waals surface area contributed by atoms with Gasteiger partial charge in [-0.25, -0.2) is 0 Å². The molecule has 1 fully saturated rings. The maximum Gasteiger partial charge on any atom is 0.222 e. The first kappa shape index (κ1) is 16.0. The summed E-state index contributed by atoms with van der Waals surface area (Å²) in [5.74, 6) is 0.852. The molecular weight excluding hydrogens is 280 g/mol. The largest absolute Gasteiger partial charge is 0.393 e. The summed E-state index contributed by atoms with van der Waals surface area (Å²) < 4.78 is 0. The van der Waals surface area contributed by atoms with Crippen molar-refractivity contribution in [3.63, 3.8) is 0 Å². The highest BCUT2D eigenvalue weighted by atomic mass is 32.1. The highest BCUT2D eigenvalue weighted by molar-refractivity contribution is 7.80. The predicted molar refractivity (Wildman–Crippen MR) is 90.2 cm³/mol. The molecule has 1 aromatic rings. The molecule has 2 rings (SSSR count). The van der Waals surface area contributed by atoms with Crippen molar-refractivity contribution in [3.8, 4) is 0 Å². The molecule has 0 aliphatic carbocycles. The number of carbonyl (C=O) groups excluding carboxylic acids is 1. The molecule has 2 N–H and O–H groups in total. The van der Waals surface area contributed by atoms with Gasteiger partial charge in [-0.05, 0) is 24.3 Å². The molecule has 1 saturated heterocycles. The molecule has 0 bridgehead atoms. The van der Waals surface area contributed by atoms with Crippen molar-refractivity contribution in [3.05, 3.63) is 35.9 Å². The summed E-state index contributed by atoms with van der Waals surface area (Å²) in [5.41, 5.74) is 7.01. The molecule has 1 aromatic carbocycles. The van der Waals surface area contributed by atoms with Gasteiger partial charge >= 0.3 is 0 Å². The normalized spacial score (nSPS) is 20.9. The number of nitrogens with two attached hydrogens (primary N) is 1. The monoisotopic (exact) mass is 304 g/mol. The van der Waals surface area contributed by atoms with E-state index in [2.05, 4.69) is 6.92 Å². The summed E-state index contributed by atoms with van der Waals surface area (Å²) in [7, 11) is 0. The molecule has 1 heterocycles. The highest BCUT2D eigenvalue weighted by Crippen LogP contribution is 2.24. The zero-order valence-electron chi connectivity index (χ0n) is 12.6. The van der Waals surface area contributed by atoms with Crippen molar-refractivity contribution in [2.75, 3.05) is 13.1 Å². The Bertz CT molecular complexity index is 489. The number of likely N-dealkylation sites (tertiary alicyclic amines) is 1. The fraction of sp³-hybridized carbons (Fsp3) is 0.529. The summed E-state index contributed by atoms with van der Waals surface area (Å²) >= 11 is 5.23. The summed E-state index contributed by atoms with van der Waals surface area (Å²) in [6.45, 7) is 3.63. The van der Waals surface area contributed by atoms with E-state index in [1.807, 2.05) is 35.2 Å². The van der Waals surface area contributed by atoms with E-state index in [-0.39, 0.29) is 11.8 Å². The lowest BCUT2D eigenvalue weighted by Gasteiger charge is -2.26. The molecular formula is C17H24N2OS. The molecule has 0 radical (unpaired) electrons. The number of thiocarbonyl (C=S) groups is 1. The Labute approximate surface area is 132 Å². The first-order valence-corrected chi connectivity index (χ1v) is 8.14. The lowest BCUT2D eigenvalue weighted by Crippen LogP contribution is -2.38. The van der Waals surface area contributed by atoms with Crippen molar-refractivity contribution in [2.24, 2.45) is 11.7 Å². The molecule has 3 nitrogen and oxygen atoms in total. The Hall–Kier alpha value is -1.42. The van der Waals surface area contributed by atoms with Gasteiger partial charge in [-0.3, -0.25) is 4.79 Å². The fourth-order valence-electron chi connectivity index (χ4n) is 2.96. The van der Waals surface area contributed by atoms with E-state index >= 15 is 0 Å². The van der Waals surface area contributed by atoms with E-state index in [4.69, 9.17) is 18.0 Å². The van der Waals surface area contributed by atoms with Gasteiger partial charge < -0.3 is 10.6 Å². The zero-order valence-corrected chi connectivity index (χ0v) is 13.4. The third-order valence-corrected chi connectivity index (χ3v) is 4.74. The van der Waals surface area contributed by atoms with E-state index in [0.717, 1.165) is 31.4 Å². The average molecular weight is 304 g/mol. The lowest BCUT2D eigenvalue weighted by molar-refractivity contribution is -0.130. The Morgan fingerprint density at radius 3 is 2.71 bits per heavy atom. The van der Waals surface area contributed by atoms with Gasteiger partial charge in [0.25, 0.3) is 0 Å². The summed E-state index contributed by atoms with van der Waals surface area (Å²) in [4.78, 5) is 14.7. The standard InChI is InChI=1S/C17H24N2OS/c1-2-13-8-9-16(20)19(11-10-13)12-15(17(18)21)14-6-4-3-5-7-14/h3-7,13,15H,2,8-12H2,1H3,(H2,18,21). The quantitative estimate of drug-likeness (QED) is 0.850. The van der Waals surface area contributed by atoms with Crippen LogP contribution in [0.3, 0.4) is 0 Å². The van der Waals surface area contributed by atoms with Crippen LogP contribution in [0, 0.1) is 5.92 Å². The highest BCUT2D eigenvalue weighted by Gasteiger charge is 2.25. The number of amides is 1. The van der Waals surface area contributed by atoms with Crippen LogP contribution in [-0.4, -0.2) is 28.9 Å². The smallest absolute Gasteiger partial charge is 0.222 e. The van der Waals surface area contributed by atoms with Gasteiger partial charge in [-0.2, -0.15) is 0 Å². The van der Waals surface area contributed by atoms with Gasteiger partial charge in [0.1, 0.15) is 0 Å². The Balaban J connectivity index is 2.09. The first-order chi connectivity index (χ1) is 10.1. The zero-order chi connectivity index (χ0) is 15.2. The van der Waals surface area contributed by atoms with Gasteiger partial charge in [0.2, 0.25) is 5.91 Å². The second-order valence-electron chi connectivity index (χ2n) is 5.81. The number of hydrogen-bond acceptors (Lipinski definition) is 2. The number of rotatable bonds is 5. The number of hydrogen-bond donors (Lipinski definition) is 1. The van der Waals surface area contributed by atoms with Crippen molar-refractivity contribution >= 4 is 23.1 Å². The average Bonchev–Trinajstić information content (AvgIpc) is 2.67. The fourth-order valence-corrected chi connectivity index (χ4v) is 3.17. The molecule has 1 aliphatic rings. The van der Waals surface area contributed by atoms with Gasteiger partial charge in [0.15, 0.2) is 0 Å². The topological polar surface area (TPSA) is 46.3 Å². The maximum absolute atomic E-state index is 12.3. The third-order valence-electron chi connectivity index (χ3n) is 4.45. The minimum absolute atomic E-state index is 0.0525. The molecule has 0 aromatic heterocycles. The van der Waals surface area contributed by atoms with Crippen LogP contribution in [0.1, 0.15) is 44.1 Å². The SMILES string of the molecule is CCC1CCC(=O)N(CC(C(N)=S)c2ccccc2)CC1. The summed E-state index contributed by atoms with van der Waals surface area (Å²) in [5, 5.41) is 0. The van der Waals surface area contributed by atoms with E-state index in [0.29, 0.717) is 23.9 Å². The van der Waals surface area contributed by atoms with Gasteiger partial charge in [-0.15, -0.1) is 0 Å². The minimum Gasteiger partial charge on any atom is -0.393 e. The molecule has 1 amide bonds. The van der Waals surface area contributed by atoms with Crippen molar-refractivity contribution < 1.29 is 4.79 Å². The molecule has 21 heavy (non-hydrogen) atoms. The van der Waals surface area contributed by atoms with Crippen LogP contribution in [-0.2, 0) is 4.79 Å². The number of benzene rings is 1. The summed E-state index contributed by atoms with van der Waals surface area (Å²) in [6.07, 6.45) is 3.89. The molecule has 1 aliphatic heterocycles. The number of carbonyl (C=O) groups is 1. The first-order valence-electron chi connectivity index (χ1n) is 7.73. The Morgan fingerprint density at radius 2 is 2.10 bits per heavy atom. The van der Waals surface area contributed by atoms with Gasteiger partial charge in [-0.1, -0.05) is 55.9 Å². The van der Waals surface area contributed by atoms with Crippen LogP contribution in [0.5, 0.6) is 0 Å². The molecule has 0 spiro atoms. The second kappa shape index (κ2) is 7.55. The van der Waals surface area contributed by atoms with Crippen LogP contribution in [0.25, 0.3) is 0 Å². The third kappa shape index (κ3) is 4.27. The van der Waals surface area contributed by atoms with E-state index in [9.17, 15) is 4.79 Å². The van der Waals surface area contributed by atoms with Crippen LogP contribution in [0.2, 0.25) is 0 Å². The van der Waals surface area contributed by atoms with Crippen LogP contribution in [0.15, 0.2) is 30.3 Å². The maximum atomic E-state index is 12.3. The molecule has 2 unspecified atom stereocenters. The van der Waals surface area contributed by atoms with Gasteiger partial charge in [0, 0.05) is 19.5 Å². The van der Waals surface area contributed by atoms with Gasteiger partial charge in [0.05, 0.1) is 10.9 Å².